The number of hydrogen-bond donors (Lipinski definition) is 1. The van der Waals surface area contributed by atoms with Crippen molar-refractivity contribution in [3.8, 4) is 6.07 Å². The lowest BCUT2D eigenvalue weighted by Crippen LogP contribution is -2.40. The van der Waals surface area contributed by atoms with Crippen LogP contribution in [0.25, 0.3) is 0 Å². The molecule has 114 valence electrons. The van der Waals surface area contributed by atoms with Gasteiger partial charge in [0, 0.05) is 18.3 Å². The highest BCUT2D eigenvalue weighted by atomic mass is 19.4. The van der Waals surface area contributed by atoms with Gasteiger partial charge < -0.3 is 10.2 Å². The molecular weight excluding hydrogens is 283 g/mol. The van der Waals surface area contributed by atoms with Gasteiger partial charge in [-0.25, -0.2) is 4.79 Å². The lowest BCUT2D eigenvalue weighted by atomic mass is 10.2. The molecule has 1 rings (SSSR count). The van der Waals surface area contributed by atoms with Gasteiger partial charge in [0.2, 0.25) is 0 Å². The van der Waals surface area contributed by atoms with E-state index in [4.69, 9.17) is 5.26 Å². The molecule has 2 amide bonds. The van der Waals surface area contributed by atoms with E-state index in [0.29, 0.717) is 0 Å². The van der Waals surface area contributed by atoms with Crippen LogP contribution < -0.4 is 5.32 Å². The molecule has 0 unspecified atom stereocenters. The van der Waals surface area contributed by atoms with Crippen molar-refractivity contribution in [2.45, 2.75) is 32.5 Å². The molecular formula is C14H16F3N3O. The quantitative estimate of drug-likeness (QED) is 0.917. The van der Waals surface area contributed by atoms with E-state index in [1.165, 1.54) is 17.0 Å². The van der Waals surface area contributed by atoms with Crippen molar-refractivity contribution >= 4 is 11.7 Å². The van der Waals surface area contributed by atoms with Gasteiger partial charge in [-0.1, -0.05) is 6.07 Å². The number of alkyl halides is 3. The summed E-state index contributed by atoms with van der Waals surface area (Å²) in [6.07, 6.45) is -4.30. The highest BCUT2D eigenvalue weighted by molar-refractivity contribution is 5.89. The molecule has 0 aliphatic heterocycles. The lowest BCUT2D eigenvalue weighted by Gasteiger charge is -2.26. The van der Waals surface area contributed by atoms with Crippen molar-refractivity contribution in [3.05, 3.63) is 29.8 Å². The number of urea groups is 1. The number of nitrogens with zero attached hydrogens (tertiary/aromatic N) is 2. The second-order valence-electron chi connectivity index (χ2n) is 4.70. The van der Waals surface area contributed by atoms with E-state index in [1.807, 2.05) is 6.07 Å². The first-order chi connectivity index (χ1) is 9.75. The highest BCUT2D eigenvalue weighted by Gasteiger charge is 2.30. The Morgan fingerprint density at radius 3 is 2.62 bits per heavy atom. The maximum Gasteiger partial charge on any atom is 0.416 e. The smallest absolute Gasteiger partial charge is 0.321 e. The van der Waals surface area contributed by atoms with Gasteiger partial charge in [-0.05, 0) is 32.0 Å². The van der Waals surface area contributed by atoms with Gasteiger partial charge in [-0.2, -0.15) is 18.4 Å². The van der Waals surface area contributed by atoms with Crippen LogP contribution in [0.5, 0.6) is 0 Å². The number of carbonyl (C=O) groups excluding carboxylic acids is 1. The first-order valence-electron chi connectivity index (χ1n) is 6.37. The monoisotopic (exact) mass is 299 g/mol. The third kappa shape index (κ3) is 4.99. The van der Waals surface area contributed by atoms with Crippen LogP contribution in [0.3, 0.4) is 0 Å². The lowest BCUT2D eigenvalue weighted by molar-refractivity contribution is -0.137. The molecule has 0 atom stereocenters. The predicted octanol–water partition coefficient (Wildman–Crippen LogP) is 3.86. The Morgan fingerprint density at radius 1 is 1.43 bits per heavy atom. The summed E-state index contributed by atoms with van der Waals surface area (Å²) in [5.41, 5.74) is -0.758. The summed E-state index contributed by atoms with van der Waals surface area (Å²) in [6.45, 7) is 3.76. The third-order valence-corrected chi connectivity index (χ3v) is 2.79. The minimum absolute atomic E-state index is 0.0671. The fraction of sp³-hybridized carbons (Fsp3) is 0.429. The van der Waals surface area contributed by atoms with Crippen LogP contribution in [0, 0.1) is 11.3 Å². The number of anilines is 1. The molecule has 0 saturated carbocycles. The largest absolute Gasteiger partial charge is 0.416 e. The highest BCUT2D eigenvalue weighted by Crippen LogP contribution is 2.30. The van der Waals surface area contributed by atoms with Gasteiger partial charge in [-0.15, -0.1) is 0 Å². The topological polar surface area (TPSA) is 56.1 Å². The Labute approximate surface area is 121 Å². The zero-order chi connectivity index (χ0) is 16.0. The summed E-state index contributed by atoms with van der Waals surface area (Å²) in [7, 11) is 0. The second-order valence-corrected chi connectivity index (χ2v) is 4.70. The molecule has 21 heavy (non-hydrogen) atoms. The number of nitriles is 1. The van der Waals surface area contributed by atoms with Crippen molar-refractivity contribution in [3.63, 3.8) is 0 Å². The van der Waals surface area contributed by atoms with E-state index in [2.05, 4.69) is 5.32 Å². The number of benzene rings is 1. The zero-order valence-corrected chi connectivity index (χ0v) is 11.7. The van der Waals surface area contributed by atoms with Gasteiger partial charge in [0.05, 0.1) is 18.1 Å². The molecule has 7 heteroatoms. The normalized spacial score (nSPS) is 11.1. The summed E-state index contributed by atoms with van der Waals surface area (Å²) >= 11 is 0. The first-order valence-corrected chi connectivity index (χ1v) is 6.37. The molecule has 0 heterocycles. The van der Waals surface area contributed by atoms with E-state index in [0.717, 1.165) is 12.1 Å². The van der Waals surface area contributed by atoms with Gasteiger partial charge in [0.1, 0.15) is 0 Å². The average Bonchev–Trinajstić information content (AvgIpc) is 2.38. The maximum absolute atomic E-state index is 12.6. The minimum Gasteiger partial charge on any atom is -0.321 e. The third-order valence-electron chi connectivity index (χ3n) is 2.79. The molecule has 0 aliphatic carbocycles. The summed E-state index contributed by atoms with van der Waals surface area (Å²) in [5.74, 6) is 0. The van der Waals surface area contributed by atoms with Crippen LogP contribution in [-0.4, -0.2) is 23.5 Å². The number of nitrogens with one attached hydrogen (secondary N) is 1. The molecule has 0 saturated heterocycles. The molecule has 0 aliphatic rings. The fourth-order valence-electron chi connectivity index (χ4n) is 1.73. The van der Waals surface area contributed by atoms with Crippen LogP contribution in [0.1, 0.15) is 25.8 Å². The Morgan fingerprint density at radius 2 is 2.10 bits per heavy atom. The van der Waals surface area contributed by atoms with Crippen LogP contribution in [0.15, 0.2) is 24.3 Å². The molecule has 0 radical (unpaired) electrons. The van der Waals surface area contributed by atoms with Crippen molar-refractivity contribution in [1.82, 2.24) is 4.90 Å². The van der Waals surface area contributed by atoms with Crippen molar-refractivity contribution in [2.24, 2.45) is 0 Å². The van der Waals surface area contributed by atoms with E-state index in [9.17, 15) is 18.0 Å². The molecule has 0 bridgehead atoms. The number of hydrogen-bond acceptors (Lipinski definition) is 2. The van der Waals surface area contributed by atoms with Crippen molar-refractivity contribution < 1.29 is 18.0 Å². The predicted molar refractivity (Wildman–Crippen MR) is 72.5 cm³/mol. The number of carbonyl (C=O) groups is 1. The van der Waals surface area contributed by atoms with Crippen LogP contribution >= 0.6 is 0 Å². The zero-order valence-electron chi connectivity index (χ0n) is 11.7. The molecule has 4 nitrogen and oxygen atoms in total. The van der Waals surface area contributed by atoms with Gasteiger partial charge in [0.15, 0.2) is 0 Å². The Hall–Kier alpha value is -2.23. The molecule has 1 aromatic rings. The molecule has 0 spiro atoms. The number of amides is 2. The van der Waals surface area contributed by atoms with Crippen LogP contribution in [0.2, 0.25) is 0 Å². The number of rotatable bonds is 4. The standard InChI is InChI=1S/C14H16F3N3O/c1-10(2)20(8-4-7-18)13(21)19-12-6-3-5-11(9-12)14(15,16)17/h3,5-6,9-10H,4,8H2,1-2H3,(H,19,21). The average molecular weight is 299 g/mol. The first kappa shape index (κ1) is 16.8. The van der Waals surface area contributed by atoms with Crippen LogP contribution in [0.4, 0.5) is 23.7 Å². The minimum atomic E-state index is -4.46. The Bertz CT molecular complexity index is 535. The van der Waals surface area contributed by atoms with Crippen molar-refractivity contribution in [2.75, 3.05) is 11.9 Å². The SMILES string of the molecule is CC(C)N(CCC#N)C(=O)Nc1cccc(C(F)(F)F)c1. The summed E-state index contributed by atoms with van der Waals surface area (Å²) in [5, 5.41) is 11.0. The summed E-state index contributed by atoms with van der Waals surface area (Å²) in [6, 6.07) is 5.67. The van der Waals surface area contributed by atoms with Gasteiger partial charge >= 0.3 is 12.2 Å². The fourth-order valence-corrected chi connectivity index (χ4v) is 1.73. The summed E-state index contributed by atoms with van der Waals surface area (Å²) in [4.78, 5) is 13.4. The Balaban J connectivity index is 2.84. The van der Waals surface area contributed by atoms with E-state index < -0.39 is 17.8 Å². The number of halogens is 3. The maximum atomic E-state index is 12.6. The molecule has 0 fully saturated rings. The molecule has 0 aromatic heterocycles. The van der Waals surface area contributed by atoms with Gasteiger partial charge in [-0.3, -0.25) is 0 Å². The summed E-state index contributed by atoms with van der Waals surface area (Å²) < 4.78 is 37.8. The Kier molecular flexibility index (Phi) is 5.59. The van der Waals surface area contributed by atoms with E-state index >= 15 is 0 Å². The van der Waals surface area contributed by atoms with Crippen molar-refractivity contribution in [1.29, 1.82) is 5.26 Å². The van der Waals surface area contributed by atoms with E-state index in [1.54, 1.807) is 13.8 Å². The molecule has 1 aromatic carbocycles. The molecule has 1 N–H and O–H groups in total. The van der Waals surface area contributed by atoms with E-state index in [-0.39, 0.29) is 24.7 Å². The van der Waals surface area contributed by atoms with Crippen LogP contribution in [-0.2, 0) is 6.18 Å². The van der Waals surface area contributed by atoms with Gasteiger partial charge in [0.25, 0.3) is 0 Å². The second kappa shape index (κ2) is 6.97.